The van der Waals surface area contributed by atoms with Crippen LogP contribution < -0.4 is 15.9 Å². The Morgan fingerprint density at radius 3 is 2.92 bits per heavy atom. The Kier molecular flexibility index (Phi) is 4.14. The lowest BCUT2D eigenvalue weighted by Gasteiger charge is -2.32. The first-order valence-corrected chi connectivity index (χ1v) is 8.21. The maximum Gasteiger partial charge on any atom is 0.340 e. The van der Waals surface area contributed by atoms with E-state index in [0.717, 1.165) is 31.3 Å². The van der Waals surface area contributed by atoms with Crippen LogP contribution in [0.5, 0.6) is 0 Å². The number of aromatic amines is 2. The van der Waals surface area contributed by atoms with E-state index in [9.17, 15) is 9.18 Å². The second-order valence-corrected chi connectivity index (χ2v) is 6.14. The molecule has 3 heterocycles. The van der Waals surface area contributed by atoms with E-state index in [0.29, 0.717) is 29.9 Å². The summed E-state index contributed by atoms with van der Waals surface area (Å²) in [6.45, 7) is 2.15. The van der Waals surface area contributed by atoms with Crippen molar-refractivity contribution in [3.8, 4) is 0 Å². The first-order valence-electron chi connectivity index (χ1n) is 8.21. The average molecular weight is 343 g/mol. The normalized spacial score (nSPS) is 15.8. The molecule has 1 fully saturated rings. The fourth-order valence-corrected chi connectivity index (χ4v) is 3.05. The Balaban J connectivity index is 1.37. The molecule has 130 valence electrons. The van der Waals surface area contributed by atoms with Gasteiger partial charge >= 0.3 is 5.69 Å². The van der Waals surface area contributed by atoms with Crippen LogP contribution >= 0.6 is 0 Å². The number of benzene rings is 1. The summed E-state index contributed by atoms with van der Waals surface area (Å²) in [5.41, 5.74) is 0.323. The summed E-state index contributed by atoms with van der Waals surface area (Å²) < 4.78 is 13.4. The van der Waals surface area contributed by atoms with Gasteiger partial charge in [0.25, 0.3) is 0 Å². The number of aromatic nitrogens is 5. The molecule has 0 spiro atoms. The van der Waals surface area contributed by atoms with Crippen LogP contribution in [0, 0.1) is 5.82 Å². The quantitative estimate of drug-likeness (QED) is 0.651. The van der Waals surface area contributed by atoms with Gasteiger partial charge in [0.1, 0.15) is 11.6 Å². The molecule has 0 saturated carbocycles. The molecule has 0 amide bonds. The van der Waals surface area contributed by atoms with Crippen molar-refractivity contribution in [2.45, 2.75) is 25.4 Å². The number of halogens is 1. The Hall–Kier alpha value is -2.81. The molecule has 0 bridgehead atoms. The smallest absolute Gasteiger partial charge is 0.340 e. The molecule has 1 aromatic carbocycles. The van der Waals surface area contributed by atoms with E-state index in [1.165, 1.54) is 12.1 Å². The number of fused-ring (bicyclic) bond motifs is 1. The minimum absolute atomic E-state index is 0.295. The fraction of sp³-hybridized carbons (Fsp3) is 0.375. The number of hydrogen-bond donors (Lipinski definition) is 3. The van der Waals surface area contributed by atoms with Crippen molar-refractivity contribution in [3.05, 3.63) is 46.5 Å². The van der Waals surface area contributed by atoms with E-state index in [1.807, 2.05) is 0 Å². The third-order valence-electron chi connectivity index (χ3n) is 4.42. The molecular weight excluding hydrogens is 325 g/mol. The Morgan fingerprint density at radius 1 is 1.32 bits per heavy atom. The van der Waals surface area contributed by atoms with Gasteiger partial charge in [0.15, 0.2) is 0 Å². The molecule has 1 aliphatic heterocycles. The van der Waals surface area contributed by atoms with Gasteiger partial charge in [-0.1, -0.05) is 0 Å². The van der Waals surface area contributed by atoms with Crippen molar-refractivity contribution in [2.24, 2.45) is 0 Å². The van der Waals surface area contributed by atoms with Gasteiger partial charge in [0.2, 0.25) is 5.95 Å². The molecule has 0 atom stereocenters. The fourth-order valence-electron chi connectivity index (χ4n) is 3.05. The zero-order valence-electron chi connectivity index (χ0n) is 13.5. The molecule has 25 heavy (non-hydrogen) atoms. The van der Waals surface area contributed by atoms with Crippen molar-refractivity contribution in [1.82, 2.24) is 30.5 Å². The summed E-state index contributed by atoms with van der Waals surface area (Å²) in [7, 11) is 0. The van der Waals surface area contributed by atoms with E-state index in [1.54, 1.807) is 12.3 Å². The summed E-state index contributed by atoms with van der Waals surface area (Å²) in [6, 6.07) is 4.87. The Bertz CT molecular complexity index is 929. The maximum atomic E-state index is 13.4. The number of H-pyrrole nitrogens is 2. The molecule has 0 radical (unpaired) electrons. The van der Waals surface area contributed by atoms with E-state index >= 15 is 0 Å². The third kappa shape index (κ3) is 3.50. The number of nitrogens with one attached hydrogen (secondary N) is 3. The number of piperidine rings is 1. The van der Waals surface area contributed by atoms with Gasteiger partial charge in [-0.2, -0.15) is 5.10 Å². The lowest BCUT2D eigenvalue weighted by atomic mass is 10.1. The summed E-state index contributed by atoms with van der Waals surface area (Å²) in [5.74, 6) is 0.942. The zero-order valence-corrected chi connectivity index (χ0v) is 13.5. The minimum atomic E-state index is -0.295. The van der Waals surface area contributed by atoms with Crippen LogP contribution in [0.1, 0.15) is 18.7 Å². The van der Waals surface area contributed by atoms with Crippen LogP contribution in [0.2, 0.25) is 0 Å². The standard InChI is InChI=1S/C16H18FN7O/c17-11-2-1-10-8-19-15(20-13(10)7-11)24-5-3-12(4-6-24)18-9-14-21-16(25)23-22-14/h1-2,7-8,12,18H,3-6,9H2,(H2,21,22,23,25). The molecule has 2 aromatic heterocycles. The molecule has 3 N–H and O–H groups in total. The summed E-state index contributed by atoms with van der Waals surface area (Å²) in [4.78, 5) is 24.6. The Morgan fingerprint density at radius 2 is 2.16 bits per heavy atom. The van der Waals surface area contributed by atoms with E-state index in [4.69, 9.17) is 0 Å². The number of anilines is 1. The highest BCUT2D eigenvalue weighted by atomic mass is 19.1. The molecule has 0 aliphatic carbocycles. The van der Waals surface area contributed by atoms with Crippen molar-refractivity contribution in [2.75, 3.05) is 18.0 Å². The SMILES string of the molecule is O=c1[nH]nc(CNC2CCN(c3ncc4ccc(F)cc4n3)CC2)[nH]1. The van der Waals surface area contributed by atoms with Gasteiger partial charge in [0, 0.05) is 36.8 Å². The highest BCUT2D eigenvalue weighted by molar-refractivity contribution is 5.78. The summed E-state index contributed by atoms with van der Waals surface area (Å²) >= 11 is 0. The van der Waals surface area contributed by atoms with Gasteiger partial charge < -0.3 is 10.2 Å². The highest BCUT2D eigenvalue weighted by Gasteiger charge is 2.21. The van der Waals surface area contributed by atoms with Gasteiger partial charge in [0.05, 0.1) is 12.1 Å². The van der Waals surface area contributed by atoms with Crippen LogP contribution in [-0.4, -0.2) is 44.3 Å². The molecular formula is C16H18FN7O. The predicted octanol–water partition coefficient (Wildman–Crippen LogP) is 0.939. The van der Waals surface area contributed by atoms with Gasteiger partial charge in [-0.25, -0.2) is 24.3 Å². The topological polar surface area (TPSA) is 103 Å². The second kappa shape index (κ2) is 6.60. The first-order chi connectivity index (χ1) is 12.2. The lowest BCUT2D eigenvalue weighted by molar-refractivity contribution is 0.407. The second-order valence-electron chi connectivity index (χ2n) is 6.14. The molecule has 3 aromatic rings. The van der Waals surface area contributed by atoms with Gasteiger partial charge in [-0.3, -0.25) is 4.98 Å². The van der Waals surface area contributed by atoms with Crippen LogP contribution in [0.4, 0.5) is 10.3 Å². The third-order valence-corrected chi connectivity index (χ3v) is 4.42. The minimum Gasteiger partial charge on any atom is -0.341 e. The van der Waals surface area contributed by atoms with Crippen molar-refractivity contribution >= 4 is 16.9 Å². The van der Waals surface area contributed by atoms with Crippen LogP contribution in [0.15, 0.2) is 29.2 Å². The highest BCUT2D eigenvalue weighted by Crippen LogP contribution is 2.20. The number of nitrogens with zero attached hydrogens (tertiary/aromatic N) is 4. The summed E-state index contributed by atoms with van der Waals surface area (Å²) in [5, 5.41) is 10.5. The molecule has 9 heteroatoms. The zero-order chi connectivity index (χ0) is 17.2. The molecule has 8 nitrogen and oxygen atoms in total. The van der Waals surface area contributed by atoms with E-state index < -0.39 is 0 Å². The van der Waals surface area contributed by atoms with Crippen LogP contribution in [0.3, 0.4) is 0 Å². The molecule has 4 rings (SSSR count). The van der Waals surface area contributed by atoms with E-state index in [2.05, 4.69) is 35.4 Å². The molecule has 0 unspecified atom stereocenters. The van der Waals surface area contributed by atoms with Gasteiger partial charge in [-0.05, 0) is 25.0 Å². The van der Waals surface area contributed by atoms with E-state index in [-0.39, 0.29) is 11.5 Å². The average Bonchev–Trinajstić information content (AvgIpc) is 3.05. The summed E-state index contributed by atoms with van der Waals surface area (Å²) in [6.07, 6.45) is 3.59. The predicted molar refractivity (Wildman–Crippen MR) is 90.8 cm³/mol. The number of hydrogen-bond acceptors (Lipinski definition) is 6. The largest absolute Gasteiger partial charge is 0.341 e. The monoisotopic (exact) mass is 343 g/mol. The number of rotatable bonds is 4. The lowest BCUT2D eigenvalue weighted by Crippen LogP contribution is -2.43. The molecule has 1 saturated heterocycles. The van der Waals surface area contributed by atoms with Crippen molar-refractivity contribution < 1.29 is 4.39 Å². The Labute approximate surface area is 142 Å². The maximum absolute atomic E-state index is 13.4. The first kappa shape index (κ1) is 15.7. The van der Waals surface area contributed by atoms with Crippen LogP contribution in [-0.2, 0) is 6.54 Å². The van der Waals surface area contributed by atoms with Crippen molar-refractivity contribution in [1.29, 1.82) is 0 Å². The van der Waals surface area contributed by atoms with Crippen LogP contribution in [0.25, 0.3) is 10.9 Å². The molecule has 1 aliphatic rings. The van der Waals surface area contributed by atoms with Gasteiger partial charge in [-0.15, -0.1) is 0 Å². The van der Waals surface area contributed by atoms with Crippen molar-refractivity contribution in [3.63, 3.8) is 0 Å².